The van der Waals surface area contributed by atoms with Gasteiger partial charge in [0.1, 0.15) is 0 Å². The highest BCUT2D eigenvalue weighted by atomic mass is 35.5. The van der Waals surface area contributed by atoms with Gasteiger partial charge in [0.05, 0.1) is 10.8 Å². The Morgan fingerprint density at radius 1 is 1.08 bits per heavy atom. The van der Waals surface area contributed by atoms with Crippen LogP contribution in [-0.4, -0.2) is 38.3 Å². The van der Waals surface area contributed by atoms with Gasteiger partial charge in [-0.3, -0.25) is 4.79 Å². The van der Waals surface area contributed by atoms with Crippen LogP contribution in [0, 0.1) is 11.8 Å². The van der Waals surface area contributed by atoms with E-state index in [4.69, 9.17) is 11.6 Å². The van der Waals surface area contributed by atoms with Gasteiger partial charge in [-0.25, -0.2) is 8.42 Å². The van der Waals surface area contributed by atoms with Crippen molar-refractivity contribution < 1.29 is 13.2 Å². The van der Waals surface area contributed by atoms with E-state index in [-0.39, 0.29) is 23.3 Å². The highest BCUT2D eigenvalue weighted by Gasteiger charge is 2.33. The van der Waals surface area contributed by atoms with Crippen molar-refractivity contribution in [2.45, 2.75) is 49.8 Å². The molecule has 1 amide bonds. The normalized spacial score (nSPS) is 22.9. The molecule has 3 rings (SSSR count). The van der Waals surface area contributed by atoms with Crippen LogP contribution in [0.1, 0.15) is 44.9 Å². The molecular formula is C19H27ClN2O3S. The Morgan fingerprint density at radius 3 is 2.46 bits per heavy atom. The molecule has 0 spiro atoms. The first-order chi connectivity index (χ1) is 12.5. The van der Waals surface area contributed by atoms with Gasteiger partial charge in [-0.2, -0.15) is 4.31 Å². The minimum Gasteiger partial charge on any atom is -0.356 e. The number of sulfonamides is 1. The van der Waals surface area contributed by atoms with Crippen LogP contribution in [0.4, 0.5) is 0 Å². The molecule has 0 aromatic heterocycles. The van der Waals surface area contributed by atoms with Crippen LogP contribution in [0.15, 0.2) is 29.2 Å². The van der Waals surface area contributed by atoms with Crippen molar-refractivity contribution in [1.82, 2.24) is 9.62 Å². The minimum atomic E-state index is -3.59. The van der Waals surface area contributed by atoms with Crippen LogP contribution >= 0.6 is 11.6 Å². The molecule has 1 unspecified atom stereocenters. The number of benzene rings is 1. The molecule has 1 atom stereocenters. The van der Waals surface area contributed by atoms with Gasteiger partial charge in [0, 0.05) is 24.7 Å². The molecule has 1 heterocycles. The van der Waals surface area contributed by atoms with Gasteiger partial charge in [-0.15, -0.1) is 0 Å². The van der Waals surface area contributed by atoms with Gasteiger partial charge >= 0.3 is 0 Å². The highest BCUT2D eigenvalue weighted by Crippen LogP contribution is 2.26. The Kier molecular flexibility index (Phi) is 6.59. The first-order valence-electron chi connectivity index (χ1n) is 9.50. The molecule has 2 aliphatic rings. The topological polar surface area (TPSA) is 66.5 Å². The molecule has 1 aromatic rings. The van der Waals surface area contributed by atoms with E-state index in [0.717, 1.165) is 13.0 Å². The molecule has 144 valence electrons. The van der Waals surface area contributed by atoms with Crippen molar-refractivity contribution in [2.75, 3.05) is 19.6 Å². The van der Waals surface area contributed by atoms with Crippen molar-refractivity contribution in [3.8, 4) is 0 Å². The molecule has 2 fully saturated rings. The Morgan fingerprint density at radius 2 is 1.77 bits per heavy atom. The average Bonchev–Trinajstić information content (AvgIpc) is 2.67. The summed E-state index contributed by atoms with van der Waals surface area (Å²) in [4.78, 5) is 12.8. The molecule has 1 saturated heterocycles. The molecule has 0 bridgehead atoms. The van der Waals surface area contributed by atoms with Gasteiger partial charge in [0.25, 0.3) is 0 Å². The summed E-state index contributed by atoms with van der Waals surface area (Å²) in [6.07, 6.45) is 7.60. The van der Waals surface area contributed by atoms with Gasteiger partial charge in [0.2, 0.25) is 15.9 Å². The fourth-order valence-corrected chi connectivity index (χ4v) is 5.56. The second kappa shape index (κ2) is 8.72. The van der Waals surface area contributed by atoms with Gasteiger partial charge < -0.3 is 5.32 Å². The summed E-state index contributed by atoms with van der Waals surface area (Å²) in [6, 6.07) is 6.19. The molecular weight excluding hydrogens is 372 g/mol. The van der Waals surface area contributed by atoms with E-state index < -0.39 is 10.0 Å². The largest absolute Gasteiger partial charge is 0.356 e. The number of hydrogen-bond acceptors (Lipinski definition) is 3. The number of rotatable bonds is 5. The van der Waals surface area contributed by atoms with Crippen molar-refractivity contribution in [2.24, 2.45) is 11.8 Å². The van der Waals surface area contributed by atoms with Crippen LogP contribution in [0.3, 0.4) is 0 Å². The Labute approximate surface area is 161 Å². The van der Waals surface area contributed by atoms with Crippen LogP contribution < -0.4 is 5.32 Å². The molecule has 1 saturated carbocycles. The van der Waals surface area contributed by atoms with Gasteiger partial charge in [-0.05, 0) is 55.9 Å². The number of amides is 1. The standard InChI is InChI=1S/C19H27ClN2O3S/c20-17-8-10-18(11-9-17)26(24,25)22-12-4-7-16(14-22)19(23)21-13-15-5-2-1-3-6-15/h8-11,15-16H,1-7,12-14H2,(H,21,23). The summed E-state index contributed by atoms with van der Waals surface area (Å²) in [5.74, 6) is 0.297. The fourth-order valence-electron chi connectivity index (χ4n) is 3.91. The molecule has 0 radical (unpaired) electrons. The molecule has 26 heavy (non-hydrogen) atoms. The Balaban J connectivity index is 1.59. The van der Waals surface area contributed by atoms with E-state index in [1.165, 1.54) is 48.5 Å². The second-order valence-corrected chi connectivity index (χ2v) is 9.78. The maximum Gasteiger partial charge on any atom is 0.243 e. The number of nitrogens with one attached hydrogen (secondary N) is 1. The molecule has 1 aliphatic carbocycles. The van der Waals surface area contributed by atoms with E-state index in [2.05, 4.69) is 5.32 Å². The molecule has 5 nitrogen and oxygen atoms in total. The number of piperidine rings is 1. The van der Waals surface area contributed by atoms with Crippen molar-refractivity contribution in [3.05, 3.63) is 29.3 Å². The zero-order valence-corrected chi connectivity index (χ0v) is 16.6. The monoisotopic (exact) mass is 398 g/mol. The van der Waals surface area contributed by atoms with E-state index >= 15 is 0 Å². The fraction of sp³-hybridized carbons (Fsp3) is 0.632. The first-order valence-corrected chi connectivity index (χ1v) is 11.3. The van der Waals surface area contributed by atoms with Crippen LogP contribution in [0.2, 0.25) is 5.02 Å². The van der Waals surface area contributed by atoms with E-state index in [9.17, 15) is 13.2 Å². The average molecular weight is 399 g/mol. The Bertz CT molecular complexity index is 715. The van der Waals surface area contributed by atoms with Crippen LogP contribution in [0.25, 0.3) is 0 Å². The lowest BCUT2D eigenvalue weighted by atomic mass is 9.89. The smallest absolute Gasteiger partial charge is 0.243 e. The summed E-state index contributed by atoms with van der Waals surface area (Å²) in [5, 5.41) is 3.57. The van der Waals surface area contributed by atoms with E-state index in [0.29, 0.717) is 23.9 Å². The SMILES string of the molecule is O=C(NCC1CCCCC1)C1CCCN(S(=O)(=O)c2ccc(Cl)cc2)C1. The van der Waals surface area contributed by atoms with Crippen molar-refractivity contribution in [1.29, 1.82) is 0 Å². The molecule has 1 N–H and O–H groups in total. The Hall–Kier alpha value is -1.11. The number of halogens is 1. The first kappa shape index (κ1) is 19.6. The van der Waals surface area contributed by atoms with Gasteiger partial charge in [-0.1, -0.05) is 30.9 Å². The highest BCUT2D eigenvalue weighted by molar-refractivity contribution is 7.89. The van der Waals surface area contributed by atoms with E-state index in [1.54, 1.807) is 12.1 Å². The molecule has 1 aromatic carbocycles. The summed E-state index contributed by atoms with van der Waals surface area (Å²) in [6.45, 7) is 1.43. The zero-order valence-electron chi connectivity index (χ0n) is 15.0. The summed E-state index contributed by atoms with van der Waals surface area (Å²) >= 11 is 5.85. The van der Waals surface area contributed by atoms with Crippen LogP contribution in [0.5, 0.6) is 0 Å². The quantitative estimate of drug-likeness (QED) is 0.826. The lowest BCUT2D eigenvalue weighted by molar-refractivity contribution is -0.126. The predicted octanol–water partition coefficient (Wildman–Crippen LogP) is 3.44. The lowest BCUT2D eigenvalue weighted by Gasteiger charge is -2.31. The van der Waals surface area contributed by atoms with E-state index in [1.807, 2.05) is 0 Å². The minimum absolute atomic E-state index is 0.00780. The third kappa shape index (κ3) is 4.78. The summed E-state index contributed by atoms with van der Waals surface area (Å²) < 4.78 is 27.1. The summed E-state index contributed by atoms with van der Waals surface area (Å²) in [7, 11) is -3.59. The molecule has 7 heteroatoms. The number of carbonyl (C=O) groups is 1. The zero-order chi connectivity index (χ0) is 18.6. The maximum atomic E-state index is 12.8. The van der Waals surface area contributed by atoms with Crippen molar-refractivity contribution >= 4 is 27.5 Å². The van der Waals surface area contributed by atoms with Crippen LogP contribution in [-0.2, 0) is 14.8 Å². The third-order valence-electron chi connectivity index (χ3n) is 5.50. The summed E-state index contributed by atoms with van der Waals surface area (Å²) in [5.41, 5.74) is 0. The lowest BCUT2D eigenvalue weighted by Crippen LogP contribution is -2.46. The number of nitrogens with zero attached hydrogens (tertiary/aromatic N) is 1. The predicted molar refractivity (Wildman–Crippen MR) is 103 cm³/mol. The second-order valence-electron chi connectivity index (χ2n) is 7.41. The maximum absolute atomic E-state index is 12.8. The van der Waals surface area contributed by atoms with Crippen molar-refractivity contribution in [3.63, 3.8) is 0 Å². The molecule has 1 aliphatic heterocycles. The third-order valence-corrected chi connectivity index (χ3v) is 7.63. The number of hydrogen-bond donors (Lipinski definition) is 1. The van der Waals surface area contributed by atoms with Gasteiger partial charge in [0.15, 0.2) is 0 Å². The number of carbonyl (C=O) groups excluding carboxylic acids is 1.